The maximum atomic E-state index is 12.4. The van der Waals surface area contributed by atoms with E-state index in [4.69, 9.17) is 0 Å². The average molecular weight is 358 g/mol. The molecule has 0 bridgehead atoms. The lowest BCUT2D eigenvalue weighted by Crippen LogP contribution is -2.31. The van der Waals surface area contributed by atoms with Crippen molar-refractivity contribution in [1.29, 1.82) is 0 Å². The predicted octanol–water partition coefficient (Wildman–Crippen LogP) is 4.40. The minimum atomic E-state index is 0.0129. The Bertz CT molecular complexity index is 693. The molecule has 0 aliphatic rings. The van der Waals surface area contributed by atoms with E-state index in [2.05, 4.69) is 41.3 Å². The highest BCUT2D eigenvalue weighted by Crippen LogP contribution is 2.22. The summed E-state index contributed by atoms with van der Waals surface area (Å²) in [5, 5.41) is 3.82. The summed E-state index contributed by atoms with van der Waals surface area (Å²) in [5.41, 5.74) is 4.19. The summed E-state index contributed by atoms with van der Waals surface area (Å²) in [4.78, 5) is 21.4. The van der Waals surface area contributed by atoms with Crippen LogP contribution in [0.1, 0.15) is 48.8 Å². The van der Waals surface area contributed by atoms with Crippen LogP contribution in [0.3, 0.4) is 0 Å². The third-order valence-corrected chi connectivity index (χ3v) is 5.04. The van der Waals surface area contributed by atoms with E-state index < -0.39 is 0 Å². The zero-order chi connectivity index (χ0) is 18.4. The molecular formula is C20H27N3OS. The lowest BCUT2D eigenvalue weighted by Gasteiger charge is -2.21. The summed E-state index contributed by atoms with van der Waals surface area (Å²) < 4.78 is 0. The Hall–Kier alpha value is -1.88. The van der Waals surface area contributed by atoms with E-state index >= 15 is 0 Å². The number of aryl methyl sites for hydroxylation is 2. The number of nitrogens with zero attached hydrogens (tertiary/aromatic N) is 2. The average Bonchev–Trinajstić information content (AvgIpc) is 2.57. The first kappa shape index (κ1) is 19.4. The van der Waals surface area contributed by atoms with Gasteiger partial charge in [-0.2, -0.15) is 0 Å². The number of hydrogen-bond donors (Lipinski definition) is 1. The summed E-state index contributed by atoms with van der Waals surface area (Å²) in [6.45, 7) is 10.3. The molecule has 4 nitrogen and oxygen atoms in total. The Morgan fingerprint density at radius 1 is 1.08 bits per heavy atom. The van der Waals surface area contributed by atoms with Gasteiger partial charge >= 0.3 is 0 Å². The van der Waals surface area contributed by atoms with Gasteiger partial charge in [0.25, 0.3) is 0 Å². The molecule has 1 atom stereocenters. The van der Waals surface area contributed by atoms with Gasteiger partial charge in [0, 0.05) is 11.4 Å². The third-order valence-electron chi connectivity index (χ3n) is 4.19. The van der Waals surface area contributed by atoms with E-state index in [0.29, 0.717) is 16.8 Å². The molecule has 0 unspecified atom stereocenters. The first-order valence-corrected chi connectivity index (χ1v) is 9.64. The molecule has 0 saturated carbocycles. The van der Waals surface area contributed by atoms with E-state index in [-0.39, 0.29) is 11.9 Å². The number of amides is 1. The summed E-state index contributed by atoms with van der Waals surface area (Å²) in [6, 6.07) is 10.2. The minimum absolute atomic E-state index is 0.0129. The molecule has 0 fully saturated rings. The smallest absolute Gasteiger partial charge is 0.230 e. The molecule has 1 N–H and O–H groups in total. The zero-order valence-electron chi connectivity index (χ0n) is 15.7. The molecule has 2 rings (SSSR count). The van der Waals surface area contributed by atoms with Crippen LogP contribution < -0.4 is 5.32 Å². The zero-order valence-corrected chi connectivity index (χ0v) is 16.5. The largest absolute Gasteiger partial charge is 0.349 e. The van der Waals surface area contributed by atoms with Crippen molar-refractivity contribution in [3.8, 4) is 0 Å². The molecule has 1 aromatic carbocycles. The Morgan fingerprint density at radius 3 is 2.24 bits per heavy atom. The van der Waals surface area contributed by atoms with Gasteiger partial charge in [-0.05, 0) is 44.2 Å². The Labute approximate surface area is 154 Å². The van der Waals surface area contributed by atoms with Crippen LogP contribution >= 0.6 is 11.8 Å². The lowest BCUT2D eigenvalue weighted by atomic mass is 9.97. The van der Waals surface area contributed by atoms with Crippen LogP contribution in [0.4, 0.5) is 0 Å². The van der Waals surface area contributed by atoms with E-state index in [1.165, 1.54) is 11.8 Å². The van der Waals surface area contributed by atoms with Gasteiger partial charge in [-0.25, -0.2) is 9.97 Å². The predicted molar refractivity (Wildman–Crippen MR) is 104 cm³/mol. The van der Waals surface area contributed by atoms with E-state index in [1.54, 1.807) is 0 Å². The Kier molecular flexibility index (Phi) is 7.00. The van der Waals surface area contributed by atoms with Crippen molar-refractivity contribution >= 4 is 17.7 Å². The molecule has 5 heteroatoms. The fraction of sp³-hybridized carbons (Fsp3) is 0.450. The Morgan fingerprint density at radius 2 is 1.68 bits per heavy atom. The van der Waals surface area contributed by atoms with Crippen molar-refractivity contribution in [2.24, 2.45) is 5.92 Å². The van der Waals surface area contributed by atoms with Crippen LogP contribution in [0.2, 0.25) is 0 Å². The number of aromatic nitrogens is 2. The van der Waals surface area contributed by atoms with Crippen molar-refractivity contribution in [2.75, 3.05) is 5.75 Å². The van der Waals surface area contributed by atoms with Gasteiger partial charge < -0.3 is 5.32 Å². The summed E-state index contributed by atoms with van der Waals surface area (Å²) in [5.74, 6) is 0.839. The molecule has 1 heterocycles. The highest BCUT2D eigenvalue weighted by Gasteiger charge is 2.16. The molecular weight excluding hydrogens is 330 g/mol. The van der Waals surface area contributed by atoms with E-state index in [1.807, 2.05) is 39.0 Å². The van der Waals surface area contributed by atoms with Gasteiger partial charge in [0.05, 0.1) is 11.8 Å². The molecule has 1 aromatic heterocycles. The first-order valence-electron chi connectivity index (χ1n) is 8.65. The minimum Gasteiger partial charge on any atom is -0.349 e. The number of benzene rings is 1. The van der Waals surface area contributed by atoms with Crippen LogP contribution in [0.15, 0.2) is 35.5 Å². The van der Waals surface area contributed by atoms with Gasteiger partial charge in [0.15, 0.2) is 5.16 Å². The highest BCUT2D eigenvalue weighted by molar-refractivity contribution is 7.99. The van der Waals surface area contributed by atoms with Gasteiger partial charge in [0.2, 0.25) is 5.91 Å². The van der Waals surface area contributed by atoms with Gasteiger partial charge in [0.1, 0.15) is 0 Å². The molecule has 0 saturated heterocycles. The standard InChI is InChI=1S/C20H27N3OS/c1-13(2)11-18(17-9-7-6-8-10-17)23-19(24)12-25-20-21-15(4)14(3)16(5)22-20/h6-10,13,18H,11-12H2,1-5H3,(H,23,24)/t18-/m1/s1. The molecule has 0 aliphatic carbocycles. The van der Waals surface area contributed by atoms with E-state index in [9.17, 15) is 4.79 Å². The topological polar surface area (TPSA) is 54.9 Å². The molecule has 2 aromatic rings. The van der Waals surface area contributed by atoms with Gasteiger partial charge in [-0.1, -0.05) is 55.9 Å². The number of hydrogen-bond acceptors (Lipinski definition) is 4. The monoisotopic (exact) mass is 357 g/mol. The van der Waals surface area contributed by atoms with Gasteiger partial charge in [-0.3, -0.25) is 4.79 Å². The van der Waals surface area contributed by atoms with Crippen molar-refractivity contribution in [3.63, 3.8) is 0 Å². The molecule has 25 heavy (non-hydrogen) atoms. The number of thioether (sulfide) groups is 1. The molecule has 0 aliphatic heterocycles. The van der Waals surface area contributed by atoms with Crippen LogP contribution in [-0.2, 0) is 4.79 Å². The van der Waals surface area contributed by atoms with Crippen LogP contribution in [-0.4, -0.2) is 21.6 Å². The molecule has 134 valence electrons. The quantitative estimate of drug-likeness (QED) is 0.589. The van der Waals surface area contributed by atoms with Crippen molar-refractivity contribution in [2.45, 2.75) is 52.2 Å². The van der Waals surface area contributed by atoms with Gasteiger partial charge in [-0.15, -0.1) is 0 Å². The molecule has 0 radical (unpaired) electrons. The second kappa shape index (κ2) is 8.99. The summed E-state index contributed by atoms with van der Waals surface area (Å²) in [6.07, 6.45) is 0.916. The lowest BCUT2D eigenvalue weighted by molar-refractivity contribution is -0.119. The molecule has 1 amide bonds. The highest BCUT2D eigenvalue weighted by atomic mass is 32.2. The Balaban J connectivity index is 1.99. The second-order valence-electron chi connectivity index (χ2n) is 6.75. The maximum absolute atomic E-state index is 12.4. The maximum Gasteiger partial charge on any atom is 0.230 e. The SMILES string of the molecule is Cc1nc(SCC(=O)N[C@H](CC(C)C)c2ccccc2)nc(C)c1C. The fourth-order valence-electron chi connectivity index (χ4n) is 2.61. The fourth-order valence-corrected chi connectivity index (χ4v) is 3.35. The summed E-state index contributed by atoms with van der Waals surface area (Å²) in [7, 11) is 0. The summed E-state index contributed by atoms with van der Waals surface area (Å²) >= 11 is 1.39. The number of carbonyl (C=O) groups excluding carboxylic acids is 1. The number of nitrogens with one attached hydrogen (secondary N) is 1. The first-order chi connectivity index (χ1) is 11.9. The second-order valence-corrected chi connectivity index (χ2v) is 7.69. The third kappa shape index (κ3) is 5.85. The van der Waals surface area contributed by atoms with Crippen molar-refractivity contribution in [1.82, 2.24) is 15.3 Å². The van der Waals surface area contributed by atoms with Crippen LogP contribution in [0.5, 0.6) is 0 Å². The van der Waals surface area contributed by atoms with Crippen LogP contribution in [0.25, 0.3) is 0 Å². The van der Waals surface area contributed by atoms with Crippen LogP contribution in [0, 0.1) is 26.7 Å². The number of rotatable bonds is 7. The van der Waals surface area contributed by atoms with Crippen molar-refractivity contribution < 1.29 is 4.79 Å². The molecule has 0 spiro atoms. The normalized spacial score (nSPS) is 12.2. The van der Waals surface area contributed by atoms with Crippen molar-refractivity contribution in [3.05, 3.63) is 52.8 Å². The number of carbonyl (C=O) groups is 1. The van der Waals surface area contributed by atoms with E-state index in [0.717, 1.165) is 28.9 Å².